The fraction of sp³-hybridized carbons (Fsp3) is 0.750. The number of carbonyl (C=O) groups excluding carboxylic acids is 1. The van der Waals surface area contributed by atoms with Gasteiger partial charge >= 0.3 is 5.97 Å². The summed E-state index contributed by atoms with van der Waals surface area (Å²) in [7, 11) is 0. The summed E-state index contributed by atoms with van der Waals surface area (Å²) in [6.45, 7) is 3.58. The average Bonchev–Trinajstić information content (AvgIpc) is 2.79. The Kier molecular flexibility index (Phi) is 3.10. The van der Waals surface area contributed by atoms with Crippen LogP contribution in [0.15, 0.2) is 12.2 Å². The second-order valence-electron chi connectivity index (χ2n) is 4.70. The third kappa shape index (κ3) is 2.23. The lowest BCUT2D eigenvalue weighted by atomic mass is 9.98. The van der Waals surface area contributed by atoms with Gasteiger partial charge in [0.1, 0.15) is 6.10 Å². The number of hydrogen-bond acceptors (Lipinski definition) is 3. The van der Waals surface area contributed by atoms with Gasteiger partial charge in [0.2, 0.25) is 0 Å². The van der Waals surface area contributed by atoms with Crippen molar-refractivity contribution >= 4 is 5.97 Å². The van der Waals surface area contributed by atoms with E-state index in [2.05, 4.69) is 6.58 Å². The van der Waals surface area contributed by atoms with Crippen LogP contribution in [0.5, 0.6) is 0 Å². The minimum atomic E-state index is -0.318. The molecule has 3 unspecified atom stereocenters. The molecule has 0 aromatic rings. The van der Waals surface area contributed by atoms with Crippen LogP contribution >= 0.6 is 0 Å². The molecular formula is C12H18O3. The maximum atomic E-state index is 11.5. The summed E-state index contributed by atoms with van der Waals surface area (Å²) in [5.74, 6) is 1.04. The predicted molar refractivity (Wildman–Crippen MR) is 56.2 cm³/mol. The van der Waals surface area contributed by atoms with E-state index in [0.717, 1.165) is 12.3 Å². The smallest absolute Gasteiger partial charge is 0.333 e. The molecular weight excluding hydrogens is 192 g/mol. The van der Waals surface area contributed by atoms with Crippen molar-refractivity contribution < 1.29 is 14.6 Å². The zero-order valence-electron chi connectivity index (χ0n) is 8.95. The van der Waals surface area contributed by atoms with Crippen molar-refractivity contribution in [2.75, 3.05) is 6.61 Å². The van der Waals surface area contributed by atoms with Crippen LogP contribution in [0, 0.1) is 11.8 Å². The lowest BCUT2D eigenvalue weighted by molar-refractivity contribution is -0.146. The quantitative estimate of drug-likeness (QED) is 0.567. The van der Waals surface area contributed by atoms with Crippen molar-refractivity contribution in [1.82, 2.24) is 0 Å². The highest BCUT2D eigenvalue weighted by molar-refractivity contribution is 5.87. The third-order valence-electron chi connectivity index (χ3n) is 3.63. The Morgan fingerprint density at radius 2 is 2.20 bits per heavy atom. The first kappa shape index (κ1) is 10.7. The Morgan fingerprint density at radius 1 is 1.40 bits per heavy atom. The molecule has 84 valence electrons. The molecule has 3 nitrogen and oxygen atoms in total. The van der Waals surface area contributed by atoms with Gasteiger partial charge in [-0.3, -0.25) is 0 Å². The molecule has 0 spiro atoms. The summed E-state index contributed by atoms with van der Waals surface area (Å²) >= 11 is 0. The molecule has 3 atom stereocenters. The van der Waals surface area contributed by atoms with Crippen molar-refractivity contribution in [3.05, 3.63) is 12.2 Å². The molecule has 15 heavy (non-hydrogen) atoms. The molecule has 2 fully saturated rings. The first-order chi connectivity index (χ1) is 7.20. The van der Waals surface area contributed by atoms with Crippen LogP contribution in [0.2, 0.25) is 0 Å². The van der Waals surface area contributed by atoms with Gasteiger partial charge in [-0.25, -0.2) is 4.79 Å². The monoisotopic (exact) mass is 210 g/mol. The molecule has 0 heterocycles. The van der Waals surface area contributed by atoms with E-state index in [1.807, 2.05) is 0 Å². The Labute approximate surface area is 90.1 Å². The molecule has 2 rings (SSSR count). The molecule has 0 saturated heterocycles. The fourth-order valence-corrected chi connectivity index (χ4v) is 2.79. The predicted octanol–water partition coefficient (Wildman–Crippen LogP) is 1.66. The number of esters is 1. The van der Waals surface area contributed by atoms with E-state index in [1.54, 1.807) is 0 Å². The Morgan fingerprint density at radius 3 is 2.73 bits per heavy atom. The molecule has 3 heteroatoms. The molecule has 0 amide bonds. The van der Waals surface area contributed by atoms with Crippen LogP contribution in [0.1, 0.15) is 32.1 Å². The third-order valence-corrected chi connectivity index (χ3v) is 3.63. The number of aliphatic hydroxyl groups is 1. The number of ether oxygens (including phenoxy) is 1. The molecule has 1 N–H and O–H groups in total. The summed E-state index contributed by atoms with van der Waals surface area (Å²) in [4.78, 5) is 11.5. The van der Waals surface area contributed by atoms with E-state index in [0.29, 0.717) is 17.9 Å². The molecule has 2 saturated carbocycles. The first-order valence-electron chi connectivity index (χ1n) is 5.70. The van der Waals surface area contributed by atoms with Gasteiger partial charge in [-0.15, -0.1) is 0 Å². The summed E-state index contributed by atoms with van der Waals surface area (Å²) in [5.41, 5.74) is 0.389. The number of rotatable bonds is 4. The van der Waals surface area contributed by atoms with Crippen LogP contribution < -0.4 is 0 Å². The molecule has 0 aromatic heterocycles. The van der Waals surface area contributed by atoms with E-state index < -0.39 is 0 Å². The molecule has 2 bridgehead atoms. The highest BCUT2D eigenvalue weighted by Gasteiger charge is 2.41. The maximum absolute atomic E-state index is 11.5. The van der Waals surface area contributed by atoms with Gasteiger partial charge in [0.15, 0.2) is 0 Å². The lowest BCUT2D eigenvalue weighted by Gasteiger charge is -2.22. The van der Waals surface area contributed by atoms with Crippen LogP contribution in [0.4, 0.5) is 0 Å². The number of carbonyl (C=O) groups is 1. The second-order valence-corrected chi connectivity index (χ2v) is 4.70. The normalized spacial score (nSPS) is 33.0. The fourth-order valence-electron chi connectivity index (χ4n) is 2.79. The lowest BCUT2D eigenvalue weighted by Crippen LogP contribution is -2.24. The highest BCUT2D eigenvalue weighted by Crippen LogP contribution is 2.45. The van der Waals surface area contributed by atoms with Crippen molar-refractivity contribution in [2.24, 2.45) is 11.8 Å². The van der Waals surface area contributed by atoms with E-state index in [9.17, 15) is 4.79 Å². The zero-order chi connectivity index (χ0) is 10.8. The van der Waals surface area contributed by atoms with Crippen LogP contribution in [-0.4, -0.2) is 23.8 Å². The Bertz CT molecular complexity index is 272. The Balaban J connectivity index is 1.82. The summed E-state index contributed by atoms with van der Waals surface area (Å²) in [6, 6.07) is 0. The van der Waals surface area contributed by atoms with Gasteiger partial charge in [-0.05, 0) is 37.5 Å². The van der Waals surface area contributed by atoms with Crippen molar-refractivity contribution in [1.29, 1.82) is 0 Å². The molecule has 2 aliphatic carbocycles. The minimum absolute atomic E-state index is 0.0371. The molecule has 0 radical (unpaired) electrons. The summed E-state index contributed by atoms with van der Waals surface area (Å²) in [6.07, 6.45) is 5.20. The molecule has 0 aliphatic heterocycles. The standard InChI is InChI=1S/C12H18O3/c1-8(4-5-13)12(14)15-11-7-9-2-3-10(11)6-9/h9-11,13H,1-7H2. The highest BCUT2D eigenvalue weighted by atomic mass is 16.5. The largest absolute Gasteiger partial charge is 0.459 e. The van der Waals surface area contributed by atoms with Gasteiger partial charge in [0, 0.05) is 18.6 Å². The van der Waals surface area contributed by atoms with E-state index >= 15 is 0 Å². The van der Waals surface area contributed by atoms with Gasteiger partial charge in [0.05, 0.1) is 0 Å². The first-order valence-corrected chi connectivity index (χ1v) is 5.70. The van der Waals surface area contributed by atoms with Crippen molar-refractivity contribution in [3.8, 4) is 0 Å². The molecule has 0 aromatic carbocycles. The van der Waals surface area contributed by atoms with E-state index in [4.69, 9.17) is 9.84 Å². The second kappa shape index (κ2) is 4.35. The van der Waals surface area contributed by atoms with Crippen molar-refractivity contribution in [2.45, 2.75) is 38.2 Å². The zero-order valence-corrected chi connectivity index (χ0v) is 8.95. The summed E-state index contributed by atoms with van der Waals surface area (Å²) < 4.78 is 5.41. The van der Waals surface area contributed by atoms with Crippen LogP contribution in [-0.2, 0) is 9.53 Å². The number of fused-ring (bicyclic) bond motifs is 2. The number of aliphatic hydroxyl groups excluding tert-OH is 1. The van der Waals surface area contributed by atoms with Gasteiger partial charge < -0.3 is 9.84 Å². The van der Waals surface area contributed by atoms with Gasteiger partial charge in [0.25, 0.3) is 0 Å². The summed E-state index contributed by atoms with van der Waals surface area (Å²) in [5, 5.41) is 8.68. The topological polar surface area (TPSA) is 46.5 Å². The van der Waals surface area contributed by atoms with E-state index in [-0.39, 0.29) is 18.7 Å². The van der Waals surface area contributed by atoms with Gasteiger partial charge in [-0.2, -0.15) is 0 Å². The Hall–Kier alpha value is -0.830. The van der Waals surface area contributed by atoms with Gasteiger partial charge in [-0.1, -0.05) is 6.58 Å². The minimum Gasteiger partial charge on any atom is -0.459 e. The number of hydrogen-bond donors (Lipinski definition) is 1. The average molecular weight is 210 g/mol. The SMILES string of the molecule is C=C(CCO)C(=O)OC1CC2CCC1C2. The van der Waals surface area contributed by atoms with Crippen molar-refractivity contribution in [3.63, 3.8) is 0 Å². The van der Waals surface area contributed by atoms with Crippen LogP contribution in [0.3, 0.4) is 0 Å². The maximum Gasteiger partial charge on any atom is 0.333 e. The van der Waals surface area contributed by atoms with Crippen LogP contribution in [0.25, 0.3) is 0 Å². The molecule has 2 aliphatic rings. The van der Waals surface area contributed by atoms with E-state index in [1.165, 1.54) is 19.3 Å².